The summed E-state index contributed by atoms with van der Waals surface area (Å²) in [5, 5.41) is 20.4. The number of halogens is 3. The van der Waals surface area contributed by atoms with Crippen LogP contribution < -0.4 is 0 Å². The summed E-state index contributed by atoms with van der Waals surface area (Å²) < 4.78 is 48.7. The molecule has 4 atom stereocenters. The molecule has 1 fully saturated rings. The maximum absolute atomic E-state index is 14.4. The minimum absolute atomic E-state index is 0.133. The Morgan fingerprint density at radius 1 is 1.09 bits per heavy atom. The second-order valence-corrected chi connectivity index (χ2v) is 8.16. The topological polar surface area (TPSA) is 92.5 Å². The standard InChI is InChI=1S/C25H23F3N2O4/c1-2-21-25(33)20(32)11-22(34-21)14-8-9-29-12-13(14)10-19(31)18-7-6-17(28)24(30-18)23-15(26)4-3-5-16(23)27/h3-9,12,20-22,25,32-33H,2,10-11H2,1H3/t20-,21-,22-,25+/m1/s1. The zero-order valence-electron chi connectivity index (χ0n) is 18.3. The molecule has 0 spiro atoms. The molecule has 2 aromatic heterocycles. The van der Waals surface area contributed by atoms with Gasteiger partial charge >= 0.3 is 0 Å². The number of ether oxygens (including phenoxy) is 1. The first-order chi connectivity index (χ1) is 16.3. The van der Waals surface area contributed by atoms with Crippen molar-refractivity contribution in [2.75, 3.05) is 0 Å². The SMILES string of the molecule is CC[C@H]1O[C@@H](c2ccncc2CC(=O)c2ccc(F)c(-c3c(F)cccc3F)n2)C[C@@H](O)[C@@H]1O. The maximum Gasteiger partial charge on any atom is 0.185 e. The first-order valence-corrected chi connectivity index (χ1v) is 10.9. The highest BCUT2D eigenvalue weighted by atomic mass is 19.1. The average Bonchev–Trinajstić information content (AvgIpc) is 2.82. The lowest BCUT2D eigenvalue weighted by Gasteiger charge is -2.37. The normalized spacial score (nSPS) is 22.5. The molecule has 0 saturated carbocycles. The van der Waals surface area contributed by atoms with E-state index in [1.165, 1.54) is 12.4 Å². The quantitative estimate of drug-likeness (QED) is 0.528. The summed E-state index contributed by atoms with van der Waals surface area (Å²) in [7, 11) is 0. The third-order valence-electron chi connectivity index (χ3n) is 5.94. The molecule has 34 heavy (non-hydrogen) atoms. The minimum atomic E-state index is -1.01. The molecule has 3 aromatic rings. The van der Waals surface area contributed by atoms with Gasteiger partial charge in [-0.1, -0.05) is 13.0 Å². The summed E-state index contributed by atoms with van der Waals surface area (Å²) in [6.07, 6.45) is 0.316. The van der Waals surface area contributed by atoms with Gasteiger partial charge in [0.2, 0.25) is 0 Å². The number of aliphatic hydroxyl groups is 2. The lowest BCUT2D eigenvalue weighted by molar-refractivity contribution is -0.171. The van der Waals surface area contributed by atoms with Crippen molar-refractivity contribution in [3.8, 4) is 11.3 Å². The summed E-state index contributed by atoms with van der Waals surface area (Å²) in [4.78, 5) is 21.0. The van der Waals surface area contributed by atoms with Crippen LogP contribution in [0.5, 0.6) is 0 Å². The number of benzene rings is 1. The number of Topliss-reactive ketones (excluding diaryl/α,β-unsaturated/α-hetero) is 1. The Labute approximate surface area is 194 Å². The van der Waals surface area contributed by atoms with Crippen LogP contribution in [0.15, 0.2) is 48.8 Å². The molecule has 178 valence electrons. The Balaban J connectivity index is 1.63. The number of ketones is 1. The summed E-state index contributed by atoms with van der Waals surface area (Å²) in [5.74, 6) is -3.47. The van der Waals surface area contributed by atoms with Crippen LogP contribution in [0.3, 0.4) is 0 Å². The minimum Gasteiger partial charge on any atom is -0.390 e. The predicted molar refractivity (Wildman–Crippen MR) is 116 cm³/mol. The number of aromatic nitrogens is 2. The largest absolute Gasteiger partial charge is 0.390 e. The lowest BCUT2D eigenvalue weighted by Crippen LogP contribution is -2.45. The van der Waals surface area contributed by atoms with Crippen LogP contribution in [0.1, 0.15) is 47.5 Å². The lowest BCUT2D eigenvalue weighted by atomic mass is 9.90. The fourth-order valence-electron chi connectivity index (χ4n) is 4.15. The van der Waals surface area contributed by atoms with Gasteiger partial charge in [0.25, 0.3) is 0 Å². The van der Waals surface area contributed by atoms with Gasteiger partial charge in [0.15, 0.2) is 5.78 Å². The number of carbonyl (C=O) groups is 1. The first kappa shape index (κ1) is 24.0. The Morgan fingerprint density at radius 3 is 2.53 bits per heavy atom. The van der Waals surface area contributed by atoms with Gasteiger partial charge in [-0.15, -0.1) is 0 Å². The third kappa shape index (κ3) is 4.72. The van der Waals surface area contributed by atoms with Crippen molar-refractivity contribution < 1.29 is 32.9 Å². The molecule has 0 radical (unpaired) electrons. The second kappa shape index (κ2) is 10.0. The van der Waals surface area contributed by atoms with Crippen molar-refractivity contribution in [2.45, 2.75) is 50.6 Å². The molecule has 1 aliphatic rings. The van der Waals surface area contributed by atoms with Crippen LogP contribution in [0.4, 0.5) is 13.2 Å². The van der Waals surface area contributed by atoms with Crippen molar-refractivity contribution >= 4 is 5.78 Å². The molecule has 2 N–H and O–H groups in total. The molecule has 4 rings (SSSR count). The number of carbonyl (C=O) groups excluding carboxylic acids is 1. The molecule has 0 unspecified atom stereocenters. The van der Waals surface area contributed by atoms with Gasteiger partial charge < -0.3 is 14.9 Å². The van der Waals surface area contributed by atoms with Crippen LogP contribution >= 0.6 is 0 Å². The highest BCUT2D eigenvalue weighted by Gasteiger charge is 2.37. The van der Waals surface area contributed by atoms with Gasteiger partial charge in [0.05, 0.1) is 23.9 Å². The number of aliphatic hydroxyl groups excluding tert-OH is 2. The summed E-state index contributed by atoms with van der Waals surface area (Å²) in [6, 6.07) is 6.88. The fourth-order valence-corrected chi connectivity index (χ4v) is 4.15. The van der Waals surface area contributed by atoms with Gasteiger partial charge in [-0.2, -0.15) is 0 Å². The van der Waals surface area contributed by atoms with Crippen molar-refractivity contribution in [3.05, 3.63) is 83.1 Å². The molecule has 1 aliphatic heterocycles. The number of hydrogen-bond donors (Lipinski definition) is 2. The Kier molecular flexibility index (Phi) is 7.06. The molecular weight excluding hydrogens is 449 g/mol. The molecule has 1 aromatic carbocycles. The second-order valence-electron chi connectivity index (χ2n) is 8.16. The van der Waals surface area contributed by atoms with E-state index >= 15 is 0 Å². The highest BCUT2D eigenvalue weighted by Crippen LogP contribution is 2.35. The molecule has 1 saturated heterocycles. The van der Waals surface area contributed by atoms with Gasteiger partial charge in [-0.3, -0.25) is 9.78 Å². The molecule has 6 nitrogen and oxygen atoms in total. The summed E-state index contributed by atoms with van der Waals surface area (Å²) in [6.45, 7) is 1.83. The van der Waals surface area contributed by atoms with E-state index < -0.39 is 58.9 Å². The number of rotatable bonds is 6. The van der Waals surface area contributed by atoms with Gasteiger partial charge in [0.1, 0.15) is 34.9 Å². The zero-order chi connectivity index (χ0) is 24.4. The van der Waals surface area contributed by atoms with E-state index in [1.54, 1.807) is 6.07 Å². The van der Waals surface area contributed by atoms with E-state index in [0.717, 1.165) is 30.3 Å². The maximum atomic E-state index is 14.4. The molecular formula is C25H23F3N2O4. The Morgan fingerprint density at radius 2 is 1.82 bits per heavy atom. The van der Waals surface area contributed by atoms with E-state index in [0.29, 0.717) is 17.5 Å². The smallest absolute Gasteiger partial charge is 0.185 e. The van der Waals surface area contributed by atoms with Gasteiger partial charge in [-0.25, -0.2) is 18.2 Å². The van der Waals surface area contributed by atoms with Gasteiger partial charge in [0, 0.05) is 25.2 Å². The third-order valence-corrected chi connectivity index (χ3v) is 5.94. The Hall–Kier alpha value is -3.14. The van der Waals surface area contributed by atoms with E-state index in [9.17, 15) is 28.2 Å². The summed E-state index contributed by atoms with van der Waals surface area (Å²) >= 11 is 0. The molecule has 3 heterocycles. The van der Waals surface area contributed by atoms with Crippen LogP contribution in [-0.4, -0.2) is 44.3 Å². The van der Waals surface area contributed by atoms with Crippen molar-refractivity contribution in [2.24, 2.45) is 0 Å². The average molecular weight is 472 g/mol. The predicted octanol–water partition coefficient (Wildman–Crippen LogP) is 3.95. The van der Waals surface area contributed by atoms with Gasteiger partial charge in [-0.05, 0) is 47.9 Å². The van der Waals surface area contributed by atoms with Crippen molar-refractivity contribution in [3.63, 3.8) is 0 Å². The van der Waals surface area contributed by atoms with E-state index in [1.807, 2.05) is 6.92 Å². The zero-order valence-corrected chi connectivity index (χ0v) is 18.3. The van der Waals surface area contributed by atoms with Crippen LogP contribution in [0, 0.1) is 17.5 Å². The number of nitrogens with zero attached hydrogens (tertiary/aromatic N) is 2. The number of hydrogen-bond acceptors (Lipinski definition) is 6. The number of pyridine rings is 2. The summed E-state index contributed by atoms with van der Waals surface area (Å²) in [5.41, 5.74) is -0.284. The molecule has 0 amide bonds. The van der Waals surface area contributed by atoms with Crippen LogP contribution in [0.2, 0.25) is 0 Å². The van der Waals surface area contributed by atoms with E-state index in [-0.39, 0.29) is 18.5 Å². The monoisotopic (exact) mass is 472 g/mol. The Bertz CT molecular complexity index is 1190. The van der Waals surface area contributed by atoms with Crippen molar-refractivity contribution in [1.82, 2.24) is 9.97 Å². The van der Waals surface area contributed by atoms with E-state index in [2.05, 4.69) is 9.97 Å². The molecule has 0 bridgehead atoms. The van der Waals surface area contributed by atoms with E-state index in [4.69, 9.17) is 4.74 Å². The first-order valence-electron chi connectivity index (χ1n) is 10.9. The molecule has 9 heteroatoms. The van der Waals surface area contributed by atoms with Crippen LogP contribution in [-0.2, 0) is 11.2 Å². The van der Waals surface area contributed by atoms with Crippen molar-refractivity contribution in [1.29, 1.82) is 0 Å². The van der Waals surface area contributed by atoms with Crippen LogP contribution in [0.25, 0.3) is 11.3 Å². The molecule has 0 aliphatic carbocycles. The highest BCUT2D eigenvalue weighted by molar-refractivity contribution is 5.96. The fraction of sp³-hybridized carbons (Fsp3) is 0.320.